The van der Waals surface area contributed by atoms with E-state index in [9.17, 15) is 4.79 Å². The number of ether oxygens (including phenoxy) is 1. The molecular weight excluding hydrogens is 188 g/mol. The molecule has 80 valence electrons. The highest BCUT2D eigenvalue weighted by molar-refractivity contribution is 5.98. The molecular formula is C13H16O2. The van der Waals surface area contributed by atoms with Gasteiger partial charge in [-0.25, -0.2) is 0 Å². The molecule has 0 spiro atoms. The molecule has 1 aromatic rings. The zero-order valence-corrected chi connectivity index (χ0v) is 9.03. The zero-order valence-electron chi connectivity index (χ0n) is 9.03. The van der Waals surface area contributed by atoms with Gasteiger partial charge in [0, 0.05) is 18.1 Å². The molecule has 1 heterocycles. The number of ketones is 1. The van der Waals surface area contributed by atoms with E-state index in [2.05, 4.69) is 13.0 Å². The molecule has 2 rings (SSSR count). The topological polar surface area (TPSA) is 26.3 Å². The van der Waals surface area contributed by atoms with E-state index in [-0.39, 0.29) is 11.7 Å². The predicted octanol–water partition coefficient (Wildman–Crippen LogP) is 2.47. The summed E-state index contributed by atoms with van der Waals surface area (Å²) in [5.74, 6) is 0.319. The number of Topliss-reactive ketones (excluding diaryl/α,β-unsaturated/α-hetero) is 1. The summed E-state index contributed by atoms with van der Waals surface area (Å²) < 4.78 is 5.24. The minimum Gasteiger partial charge on any atom is -0.381 e. The lowest BCUT2D eigenvalue weighted by Gasteiger charge is -2.07. The highest BCUT2D eigenvalue weighted by atomic mass is 16.5. The second kappa shape index (κ2) is 4.58. The van der Waals surface area contributed by atoms with Crippen molar-refractivity contribution in [2.24, 2.45) is 5.92 Å². The zero-order chi connectivity index (χ0) is 10.7. The molecule has 0 saturated carbocycles. The van der Waals surface area contributed by atoms with Crippen molar-refractivity contribution in [2.45, 2.75) is 19.8 Å². The monoisotopic (exact) mass is 204 g/mol. The van der Waals surface area contributed by atoms with Crippen LogP contribution in [0.25, 0.3) is 0 Å². The molecule has 1 saturated heterocycles. The fourth-order valence-corrected chi connectivity index (χ4v) is 1.92. The molecule has 1 aromatic carbocycles. The summed E-state index contributed by atoms with van der Waals surface area (Å²) in [6.45, 7) is 3.42. The van der Waals surface area contributed by atoms with Gasteiger partial charge in [0.15, 0.2) is 5.78 Å². The lowest BCUT2D eigenvalue weighted by atomic mass is 9.95. The molecule has 0 radical (unpaired) electrons. The SMILES string of the molecule is CCc1cccc(C(=O)C2CCOC2)c1. The maximum Gasteiger partial charge on any atom is 0.168 e. The van der Waals surface area contributed by atoms with Gasteiger partial charge in [-0.3, -0.25) is 4.79 Å². The number of carbonyl (C=O) groups excluding carboxylic acids is 1. The first kappa shape index (κ1) is 10.4. The fraction of sp³-hybridized carbons (Fsp3) is 0.462. The van der Waals surface area contributed by atoms with Crippen molar-refractivity contribution in [3.05, 3.63) is 35.4 Å². The van der Waals surface area contributed by atoms with Crippen LogP contribution in [0.1, 0.15) is 29.3 Å². The maximum atomic E-state index is 12.0. The normalized spacial score (nSPS) is 20.5. The average Bonchev–Trinajstić information content (AvgIpc) is 2.81. The van der Waals surface area contributed by atoms with Gasteiger partial charge >= 0.3 is 0 Å². The van der Waals surface area contributed by atoms with Crippen molar-refractivity contribution in [1.82, 2.24) is 0 Å². The van der Waals surface area contributed by atoms with E-state index in [4.69, 9.17) is 4.74 Å². The Morgan fingerprint density at radius 3 is 3.07 bits per heavy atom. The van der Waals surface area contributed by atoms with Crippen molar-refractivity contribution >= 4 is 5.78 Å². The Labute approximate surface area is 90.3 Å². The molecule has 2 nitrogen and oxygen atoms in total. The Morgan fingerprint density at radius 1 is 1.53 bits per heavy atom. The minimum absolute atomic E-state index is 0.0807. The Kier molecular flexibility index (Phi) is 3.17. The first-order valence-electron chi connectivity index (χ1n) is 5.52. The van der Waals surface area contributed by atoms with Crippen LogP contribution in [0.5, 0.6) is 0 Å². The summed E-state index contributed by atoms with van der Waals surface area (Å²) >= 11 is 0. The van der Waals surface area contributed by atoms with Gasteiger partial charge in [-0.2, -0.15) is 0 Å². The Hall–Kier alpha value is -1.15. The predicted molar refractivity (Wildman–Crippen MR) is 59.1 cm³/mol. The molecule has 1 fully saturated rings. The Morgan fingerprint density at radius 2 is 2.40 bits per heavy atom. The van der Waals surface area contributed by atoms with Gasteiger partial charge in [-0.15, -0.1) is 0 Å². The van der Waals surface area contributed by atoms with Gasteiger partial charge in [0.1, 0.15) is 0 Å². The summed E-state index contributed by atoms with van der Waals surface area (Å²) in [4.78, 5) is 12.0. The lowest BCUT2D eigenvalue weighted by molar-refractivity contribution is 0.0900. The molecule has 0 bridgehead atoms. The van der Waals surface area contributed by atoms with Crippen molar-refractivity contribution in [3.8, 4) is 0 Å². The van der Waals surface area contributed by atoms with Crippen LogP contribution in [0.2, 0.25) is 0 Å². The van der Waals surface area contributed by atoms with Gasteiger partial charge in [0.25, 0.3) is 0 Å². The number of hydrogen-bond donors (Lipinski definition) is 0. The standard InChI is InChI=1S/C13H16O2/c1-2-10-4-3-5-11(8-10)13(14)12-6-7-15-9-12/h3-5,8,12H,2,6-7,9H2,1H3. The molecule has 1 aliphatic heterocycles. The third-order valence-corrected chi connectivity index (χ3v) is 2.92. The van der Waals surface area contributed by atoms with Crippen LogP contribution in [-0.2, 0) is 11.2 Å². The molecule has 0 amide bonds. The van der Waals surface area contributed by atoms with Crippen molar-refractivity contribution in [3.63, 3.8) is 0 Å². The van der Waals surface area contributed by atoms with Crippen LogP contribution in [-0.4, -0.2) is 19.0 Å². The molecule has 1 unspecified atom stereocenters. The molecule has 15 heavy (non-hydrogen) atoms. The van der Waals surface area contributed by atoms with Gasteiger partial charge < -0.3 is 4.74 Å². The number of benzene rings is 1. The second-order valence-corrected chi connectivity index (χ2v) is 3.98. The second-order valence-electron chi connectivity index (χ2n) is 3.98. The van der Waals surface area contributed by atoms with E-state index in [1.807, 2.05) is 18.2 Å². The first-order chi connectivity index (χ1) is 7.31. The van der Waals surface area contributed by atoms with Crippen LogP contribution in [0.4, 0.5) is 0 Å². The quantitative estimate of drug-likeness (QED) is 0.707. The number of rotatable bonds is 3. The maximum absolute atomic E-state index is 12.0. The smallest absolute Gasteiger partial charge is 0.168 e. The summed E-state index contributed by atoms with van der Waals surface area (Å²) in [5.41, 5.74) is 2.06. The lowest BCUT2D eigenvalue weighted by Crippen LogP contribution is -2.14. The van der Waals surface area contributed by atoms with Crippen LogP contribution in [0.3, 0.4) is 0 Å². The van der Waals surface area contributed by atoms with Crippen LogP contribution in [0, 0.1) is 5.92 Å². The van der Waals surface area contributed by atoms with Crippen molar-refractivity contribution in [2.75, 3.05) is 13.2 Å². The van der Waals surface area contributed by atoms with Crippen molar-refractivity contribution in [1.29, 1.82) is 0 Å². The average molecular weight is 204 g/mol. The van der Waals surface area contributed by atoms with Gasteiger partial charge in [0.05, 0.1) is 6.61 Å². The molecule has 2 heteroatoms. The molecule has 1 atom stereocenters. The van der Waals surface area contributed by atoms with E-state index >= 15 is 0 Å². The molecule has 0 aliphatic carbocycles. The molecule has 1 aliphatic rings. The first-order valence-corrected chi connectivity index (χ1v) is 5.52. The number of hydrogen-bond acceptors (Lipinski definition) is 2. The van der Waals surface area contributed by atoms with E-state index in [1.165, 1.54) is 5.56 Å². The number of aryl methyl sites for hydroxylation is 1. The van der Waals surface area contributed by atoms with Gasteiger partial charge in [0.2, 0.25) is 0 Å². The van der Waals surface area contributed by atoms with Crippen LogP contribution < -0.4 is 0 Å². The summed E-state index contributed by atoms with van der Waals surface area (Å²) in [5, 5.41) is 0. The third kappa shape index (κ3) is 2.26. The summed E-state index contributed by atoms with van der Waals surface area (Å²) in [6.07, 6.45) is 1.84. The van der Waals surface area contributed by atoms with Crippen molar-refractivity contribution < 1.29 is 9.53 Å². The molecule has 0 N–H and O–H groups in total. The van der Waals surface area contributed by atoms with E-state index < -0.39 is 0 Å². The summed E-state index contributed by atoms with van der Waals surface area (Å²) in [6, 6.07) is 7.92. The van der Waals surface area contributed by atoms with E-state index in [0.29, 0.717) is 6.61 Å². The number of carbonyl (C=O) groups is 1. The van der Waals surface area contributed by atoms with E-state index in [0.717, 1.165) is 25.0 Å². The van der Waals surface area contributed by atoms with E-state index in [1.54, 1.807) is 0 Å². The minimum atomic E-state index is 0.0807. The Bertz CT molecular complexity index is 351. The summed E-state index contributed by atoms with van der Waals surface area (Å²) in [7, 11) is 0. The fourth-order valence-electron chi connectivity index (χ4n) is 1.92. The van der Waals surface area contributed by atoms with Crippen LogP contribution in [0.15, 0.2) is 24.3 Å². The Balaban J connectivity index is 2.17. The van der Waals surface area contributed by atoms with Gasteiger partial charge in [-0.05, 0) is 24.5 Å². The van der Waals surface area contributed by atoms with Crippen LogP contribution >= 0.6 is 0 Å². The highest BCUT2D eigenvalue weighted by Gasteiger charge is 2.24. The highest BCUT2D eigenvalue weighted by Crippen LogP contribution is 2.19. The molecule has 0 aromatic heterocycles. The van der Waals surface area contributed by atoms with Gasteiger partial charge in [-0.1, -0.05) is 25.1 Å². The largest absolute Gasteiger partial charge is 0.381 e. The third-order valence-electron chi connectivity index (χ3n) is 2.92.